The van der Waals surface area contributed by atoms with Crippen molar-refractivity contribution in [3.63, 3.8) is 0 Å². The highest BCUT2D eigenvalue weighted by Gasteiger charge is 2.35. The quantitative estimate of drug-likeness (QED) is 0.540. The van der Waals surface area contributed by atoms with E-state index in [0.717, 1.165) is 48.6 Å². The average molecular weight is 421 g/mol. The van der Waals surface area contributed by atoms with Crippen LogP contribution in [0, 0.1) is 0 Å². The fraction of sp³-hybridized carbons (Fsp3) is 0.286. The minimum absolute atomic E-state index is 0.138. The molecule has 2 heterocycles. The van der Waals surface area contributed by atoms with E-state index in [9.17, 15) is 0 Å². The number of benzene rings is 3. The summed E-state index contributed by atoms with van der Waals surface area (Å²) in [7, 11) is 0. The Kier molecular flexibility index (Phi) is 4.01. The molecule has 158 valence electrons. The van der Waals surface area contributed by atoms with Gasteiger partial charge in [-0.25, -0.2) is 9.98 Å². The lowest BCUT2D eigenvalue weighted by molar-refractivity contribution is 0.309. The summed E-state index contributed by atoms with van der Waals surface area (Å²) in [4.78, 5) is 10.3. The summed E-state index contributed by atoms with van der Waals surface area (Å²) < 4.78 is 12.0. The summed E-state index contributed by atoms with van der Waals surface area (Å²) in [5.41, 5.74) is 10.4. The number of hydrogen-bond donors (Lipinski definition) is 0. The van der Waals surface area contributed by atoms with E-state index in [-0.39, 0.29) is 12.1 Å². The fourth-order valence-electron chi connectivity index (χ4n) is 5.74. The molecule has 32 heavy (non-hydrogen) atoms. The van der Waals surface area contributed by atoms with Crippen LogP contribution < -0.4 is 0 Å². The molecule has 0 saturated heterocycles. The molecular formula is C28H24N2O2. The molecule has 0 bridgehead atoms. The zero-order valence-electron chi connectivity index (χ0n) is 17.9. The van der Waals surface area contributed by atoms with Crippen LogP contribution in [-0.2, 0) is 35.5 Å². The molecule has 4 nitrogen and oxygen atoms in total. The standard InChI is InChI=1S/C28H24N2O2/c1-3-7-21-19(5-1)15-31-27(21)29-23-13-11-17-9-10-18-12-14-24(26(18)25(17)23)30-28-22-8-4-2-6-20(22)16-32-28/h1-10,23-24H,11-16H2/t23-,24-/m1/s1. The smallest absolute Gasteiger partial charge is 0.217 e. The average Bonchev–Trinajstić information content (AvgIpc) is 3.61. The van der Waals surface area contributed by atoms with Gasteiger partial charge in [0.15, 0.2) is 0 Å². The number of nitrogens with zero attached hydrogens (tertiary/aromatic N) is 2. The van der Waals surface area contributed by atoms with Gasteiger partial charge in [0.05, 0.1) is 12.1 Å². The molecule has 7 rings (SSSR count). The maximum Gasteiger partial charge on any atom is 0.217 e. The number of hydrogen-bond acceptors (Lipinski definition) is 4. The van der Waals surface area contributed by atoms with E-state index in [0.29, 0.717) is 13.2 Å². The Hall–Kier alpha value is -3.40. The van der Waals surface area contributed by atoms with Crippen LogP contribution >= 0.6 is 0 Å². The summed E-state index contributed by atoms with van der Waals surface area (Å²) in [6.07, 6.45) is 4.19. The molecule has 3 aromatic rings. The number of aryl methyl sites for hydroxylation is 2. The second-order valence-electron chi connectivity index (χ2n) is 9.08. The Morgan fingerprint density at radius 2 is 1.03 bits per heavy atom. The molecule has 0 spiro atoms. The normalized spacial score (nSPS) is 24.8. The fourth-order valence-corrected chi connectivity index (χ4v) is 5.74. The molecule has 0 N–H and O–H groups in total. The number of ether oxygens (including phenoxy) is 2. The molecule has 0 saturated carbocycles. The first-order valence-electron chi connectivity index (χ1n) is 11.6. The van der Waals surface area contributed by atoms with Gasteiger partial charge in [0.2, 0.25) is 11.8 Å². The van der Waals surface area contributed by atoms with E-state index in [1.807, 2.05) is 0 Å². The van der Waals surface area contributed by atoms with Crippen molar-refractivity contribution in [3.05, 3.63) is 105 Å². The Morgan fingerprint density at radius 1 is 0.562 bits per heavy atom. The van der Waals surface area contributed by atoms with Crippen LogP contribution in [0.2, 0.25) is 0 Å². The second-order valence-corrected chi connectivity index (χ2v) is 9.08. The molecule has 0 radical (unpaired) electrons. The molecular weight excluding hydrogens is 396 g/mol. The molecule has 4 aliphatic rings. The van der Waals surface area contributed by atoms with Gasteiger partial charge in [-0.05, 0) is 60.1 Å². The predicted octanol–water partition coefficient (Wildman–Crippen LogP) is 5.62. The second kappa shape index (κ2) is 7.06. The van der Waals surface area contributed by atoms with Crippen molar-refractivity contribution in [3.8, 4) is 0 Å². The molecule has 4 heteroatoms. The van der Waals surface area contributed by atoms with E-state index in [1.54, 1.807) is 0 Å². The van der Waals surface area contributed by atoms with E-state index >= 15 is 0 Å². The van der Waals surface area contributed by atoms with Gasteiger partial charge in [-0.2, -0.15) is 0 Å². The largest absolute Gasteiger partial charge is 0.473 e. The summed E-state index contributed by atoms with van der Waals surface area (Å²) in [6, 6.07) is 21.7. The third kappa shape index (κ3) is 2.75. The van der Waals surface area contributed by atoms with Crippen molar-refractivity contribution in [2.45, 2.75) is 51.0 Å². The molecule has 0 amide bonds. The van der Waals surface area contributed by atoms with Gasteiger partial charge in [-0.1, -0.05) is 48.5 Å². The third-order valence-electron chi connectivity index (χ3n) is 7.28. The van der Waals surface area contributed by atoms with Crippen molar-refractivity contribution in [1.82, 2.24) is 0 Å². The van der Waals surface area contributed by atoms with Crippen LogP contribution in [-0.4, -0.2) is 11.8 Å². The minimum atomic E-state index is 0.138. The molecule has 0 aromatic heterocycles. The van der Waals surface area contributed by atoms with Gasteiger partial charge in [-0.3, -0.25) is 0 Å². The Balaban J connectivity index is 1.29. The first kappa shape index (κ1) is 18.2. The van der Waals surface area contributed by atoms with Crippen LogP contribution in [0.25, 0.3) is 0 Å². The van der Waals surface area contributed by atoms with E-state index in [1.165, 1.54) is 33.4 Å². The lowest BCUT2D eigenvalue weighted by atomic mass is 9.95. The minimum Gasteiger partial charge on any atom is -0.473 e. The molecule has 3 aromatic carbocycles. The van der Waals surface area contributed by atoms with Crippen molar-refractivity contribution in [2.24, 2.45) is 9.98 Å². The first-order chi connectivity index (χ1) is 15.8. The SMILES string of the molecule is c1ccc2c(c1)COC2=N[C@@H]1CCc2ccc3c(c21)[C@H](N=C1OCc2ccccc21)CC3. The van der Waals surface area contributed by atoms with Crippen molar-refractivity contribution >= 4 is 11.8 Å². The maximum atomic E-state index is 6.00. The molecule has 0 unspecified atom stereocenters. The topological polar surface area (TPSA) is 43.2 Å². The van der Waals surface area contributed by atoms with E-state index in [4.69, 9.17) is 19.5 Å². The van der Waals surface area contributed by atoms with Gasteiger partial charge in [0.25, 0.3) is 0 Å². The van der Waals surface area contributed by atoms with Gasteiger partial charge in [-0.15, -0.1) is 0 Å². The lowest BCUT2D eigenvalue weighted by Gasteiger charge is -2.17. The predicted molar refractivity (Wildman–Crippen MR) is 124 cm³/mol. The summed E-state index contributed by atoms with van der Waals surface area (Å²) >= 11 is 0. The van der Waals surface area contributed by atoms with Crippen molar-refractivity contribution in [2.75, 3.05) is 0 Å². The third-order valence-corrected chi connectivity index (χ3v) is 7.28. The van der Waals surface area contributed by atoms with Crippen molar-refractivity contribution in [1.29, 1.82) is 0 Å². The number of aliphatic imine (C=N–C) groups is 2. The highest BCUT2D eigenvalue weighted by atomic mass is 16.5. The molecule has 0 fully saturated rings. The molecule has 2 aliphatic heterocycles. The van der Waals surface area contributed by atoms with Crippen LogP contribution in [0.3, 0.4) is 0 Å². The van der Waals surface area contributed by atoms with E-state index < -0.39 is 0 Å². The maximum absolute atomic E-state index is 6.00. The van der Waals surface area contributed by atoms with Gasteiger partial charge in [0, 0.05) is 22.3 Å². The van der Waals surface area contributed by atoms with Gasteiger partial charge >= 0.3 is 0 Å². The summed E-state index contributed by atoms with van der Waals surface area (Å²) in [6.45, 7) is 1.24. The lowest BCUT2D eigenvalue weighted by Crippen LogP contribution is -2.07. The van der Waals surface area contributed by atoms with Crippen LogP contribution in [0.15, 0.2) is 70.6 Å². The molecule has 2 aliphatic carbocycles. The van der Waals surface area contributed by atoms with Gasteiger partial charge < -0.3 is 9.47 Å². The number of rotatable bonds is 2. The molecule has 2 atom stereocenters. The number of fused-ring (bicyclic) bond motifs is 5. The Labute approximate surface area is 187 Å². The highest BCUT2D eigenvalue weighted by molar-refractivity contribution is 5.98. The first-order valence-corrected chi connectivity index (χ1v) is 11.6. The summed E-state index contributed by atoms with van der Waals surface area (Å²) in [5.74, 6) is 1.59. The zero-order valence-corrected chi connectivity index (χ0v) is 17.9. The van der Waals surface area contributed by atoms with Crippen molar-refractivity contribution < 1.29 is 9.47 Å². The van der Waals surface area contributed by atoms with Crippen LogP contribution in [0.4, 0.5) is 0 Å². The van der Waals surface area contributed by atoms with E-state index in [2.05, 4.69) is 60.7 Å². The van der Waals surface area contributed by atoms with Gasteiger partial charge in [0.1, 0.15) is 13.2 Å². The monoisotopic (exact) mass is 420 g/mol. The Morgan fingerprint density at radius 3 is 1.53 bits per heavy atom. The highest BCUT2D eigenvalue weighted by Crippen LogP contribution is 2.46. The Bertz CT molecular complexity index is 1210. The zero-order chi connectivity index (χ0) is 21.1. The summed E-state index contributed by atoms with van der Waals surface area (Å²) in [5, 5.41) is 0. The van der Waals surface area contributed by atoms with Crippen LogP contribution in [0.5, 0.6) is 0 Å². The van der Waals surface area contributed by atoms with Crippen LogP contribution in [0.1, 0.15) is 69.4 Å².